The number of halogens is 1. The Morgan fingerprint density at radius 3 is 2.67 bits per heavy atom. The van der Waals surface area contributed by atoms with Crippen molar-refractivity contribution in [3.63, 3.8) is 0 Å². The number of benzene rings is 1. The molecule has 0 radical (unpaired) electrons. The van der Waals surface area contributed by atoms with E-state index in [9.17, 15) is 14.0 Å². The van der Waals surface area contributed by atoms with Gasteiger partial charge in [0.2, 0.25) is 0 Å². The summed E-state index contributed by atoms with van der Waals surface area (Å²) < 4.78 is 18.6. The van der Waals surface area contributed by atoms with Gasteiger partial charge in [0, 0.05) is 0 Å². The second-order valence-electron chi connectivity index (χ2n) is 4.30. The zero-order valence-electron chi connectivity index (χ0n) is 11.1. The number of hydrogen-bond acceptors (Lipinski definition) is 3. The van der Waals surface area contributed by atoms with Gasteiger partial charge in [-0.25, -0.2) is 14.0 Å². The van der Waals surface area contributed by atoms with Crippen LogP contribution in [0.2, 0.25) is 0 Å². The molecule has 0 saturated carbocycles. The van der Waals surface area contributed by atoms with Crippen molar-refractivity contribution in [2.45, 2.75) is 13.0 Å². The summed E-state index contributed by atoms with van der Waals surface area (Å²) in [6, 6.07) is 5.93. The maximum atomic E-state index is 13.5. The van der Waals surface area contributed by atoms with Crippen LogP contribution in [-0.2, 0) is 0 Å². The van der Waals surface area contributed by atoms with E-state index in [0.29, 0.717) is 5.76 Å². The Kier molecular flexibility index (Phi) is 4.22. The highest BCUT2D eigenvalue weighted by molar-refractivity contribution is 6.00. The maximum Gasteiger partial charge on any atom is 0.340 e. The smallest absolute Gasteiger partial charge is 0.340 e. The molecule has 0 spiro atoms. The number of rotatable bonds is 4. The molecule has 1 atom stereocenters. The molecule has 2 rings (SSSR count). The first-order valence-electron chi connectivity index (χ1n) is 6.11. The van der Waals surface area contributed by atoms with Gasteiger partial charge >= 0.3 is 12.0 Å². The van der Waals surface area contributed by atoms with Gasteiger partial charge in [0.05, 0.1) is 18.0 Å². The van der Waals surface area contributed by atoms with E-state index < -0.39 is 29.4 Å². The zero-order chi connectivity index (χ0) is 15.4. The van der Waals surface area contributed by atoms with Crippen molar-refractivity contribution in [3.05, 3.63) is 53.7 Å². The number of carboxylic acids is 1. The zero-order valence-corrected chi connectivity index (χ0v) is 11.1. The highest BCUT2D eigenvalue weighted by Gasteiger charge is 2.18. The molecule has 0 bridgehead atoms. The van der Waals surface area contributed by atoms with E-state index in [-0.39, 0.29) is 5.69 Å². The third-order valence-electron chi connectivity index (χ3n) is 2.79. The number of anilines is 1. The molecule has 1 heterocycles. The van der Waals surface area contributed by atoms with Crippen LogP contribution < -0.4 is 10.6 Å². The van der Waals surface area contributed by atoms with Crippen molar-refractivity contribution >= 4 is 17.7 Å². The molecule has 0 saturated heterocycles. The quantitative estimate of drug-likeness (QED) is 0.807. The summed E-state index contributed by atoms with van der Waals surface area (Å²) in [7, 11) is 0. The fourth-order valence-corrected chi connectivity index (χ4v) is 1.81. The molecular weight excluding hydrogens is 279 g/mol. The average molecular weight is 292 g/mol. The lowest BCUT2D eigenvalue weighted by Crippen LogP contribution is -2.31. The van der Waals surface area contributed by atoms with E-state index in [1.165, 1.54) is 18.4 Å². The summed E-state index contributed by atoms with van der Waals surface area (Å²) in [4.78, 5) is 22.8. The van der Waals surface area contributed by atoms with Crippen molar-refractivity contribution in [2.75, 3.05) is 5.32 Å². The van der Waals surface area contributed by atoms with Crippen LogP contribution in [-0.4, -0.2) is 17.1 Å². The van der Waals surface area contributed by atoms with Crippen molar-refractivity contribution in [2.24, 2.45) is 0 Å². The molecule has 110 valence electrons. The standard InChI is InChI=1S/C14H13FN2O4/c1-8(11-6-3-7-21-11)16-14(20)17-10-5-2-4-9(15)12(10)13(18)19/h2-8H,1H3,(H,18,19)(H2,16,17,20). The van der Waals surface area contributed by atoms with Crippen LogP contribution >= 0.6 is 0 Å². The average Bonchev–Trinajstić information content (AvgIpc) is 2.91. The summed E-state index contributed by atoms with van der Waals surface area (Å²) in [6.45, 7) is 1.70. The van der Waals surface area contributed by atoms with Crippen molar-refractivity contribution in [1.82, 2.24) is 5.32 Å². The van der Waals surface area contributed by atoms with Crippen LogP contribution in [0.1, 0.15) is 29.1 Å². The van der Waals surface area contributed by atoms with Gasteiger partial charge in [-0.05, 0) is 31.2 Å². The van der Waals surface area contributed by atoms with E-state index in [2.05, 4.69) is 10.6 Å². The number of amides is 2. The van der Waals surface area contributed by atoms with Gasteiger partial charge in [0.1, 0.15) is 17.1 Å². The van der Waals surface area contributed by atoms with E-state index >= 15 is 0 Å². The minimum atomic E-state index is -1.46. The minimum Gasteiger partial charge on any atom is -0.478 e. The lowest BCUT2D eigenvalue weighted by molar-refractivity contribution is 0.0693. The van der Waals surface area contributed by atoms with Crippen molar-refractivity contribution in [3.8, 4) is 0 Å². The number of carbonyl (C=O) groups is 2. The van der Waals surface area contributed by atoms with Gasteiger partial charge in [-0.1, -0.05) is 6.07 Å². The van der Waals surface area contributed by atoms with Gasteiger partial charge in [-0.15, -0.1) is 0 Å². The first-order valence-corrected chi connectivity index (χ1v) is 6.11. The monoisotopic (exact) mass is 292 g/mol. The van der Waals surface area contributed by atoms with Crippen LogP contribution in [0.5, 0.6) is 0 Å². The molecule has 21 heavy (non-hydrogen) atoms. The summed E-state index contributed by atoms with van der Waals surface area (Å²) in [5, 5.41) is 13.8. The Balaban J connectivity index is 2.10. The van der Waals surface area contributed by atoms with Crippen molar-refractivity contribution in [1.29, 1.82) is 0 Å². The molecule has 2 aromatic rings. The molecule has 1 unspecified atom stereocenters. The van der Waals surface area contributed by atoms with Crippen LogP contribution in [0.25, 0.3) is 0 Å². The molecule has 2 amide bonds. The highest BCUT2D eigenvalue weighted by Crippen LogP contribution is 2.19. The van der Waals surface area contributed by atoms with Crippen LogP contribution in [0, 0.1) is 5.82 Å². The molecule has 6 nitrogen and oxygen atoms in total. The molecule has 0 aliphatic heterocycles. The third kappa shape index (κ3) is 3.38. The van der Waals surface area contributed by atoms with Crippen molar-refractivity contribution < 1.29 is 23.5 Å². The highest BCUT2D eigenvalue weighted by atomic mass is 19.1. The van der Waals surface area contributed by atoms with Gasteiger partial charge in [0.15, 0.2) is 0 Å². The SMILES string of the molecule is CC(NC(=O)Nc1cccc(F)c1C(=O)O)c1ccco1. The molecule has 7 heteroatoms. The molecule has 1 aromatic carbocycles. The number of carbonyl (C=O) groups excluding carboxylic acids is 1. The molecule has 0 fully saturated rings. The second kappa shape index (κ2) is 6.08. The lowest BCUT2D eigenvalue weighted by Gasteiger charge is -2.14. The number of carboxylic acid groups (broad SMARTS) is 1. The Hall–Kier alpha value is -2.83. The second-order valence-corrected chi connectivity index (χ2v) is 4.30. The summed E-state index contributed by atoms with van der Waals surface area (Å²) >= 11 is 0. The maximum absolute atomic E-state index is 13.5. The van der Waals surface area contributed by atoms with E-state index in [1.807, 2.05) is 0 Å². The summed E-state index contributed by atoms with van der Waals surface area (Å²) in [5.74, 6) is -1.83. The van der Waals surface area contributed by atoms with Gasteiger partial charge < -0.3 is 20.2 Å². The number of hydrogen-bond donors (Lipinski definition) is 3. The van der Waals surface area contributed by atoms with E-state index in [4.69, 9.17) is 9.52 Å². The van der Waals surface area contributed by atoms with Crippen LogP contribution in [0.15, 0.2) is 41.0 Å². The molecule has 1 aromatic heterocycles. The number of aromatic carboxylic acids is 1. The first-order chi connectivity index (χ1) is 9.99. The molecule has 3 N–H and O–H groups in total. The Bertz CT molecular complexity index is 655. The van der Waals surface area contributed by atoms with Crippen LogP contribution in [0.4, 0.5) is 14.9 Å². The molecule has 0 aliphatic carbocycles. The fraction of sp³-hybridized carbons (Fsp3) is 0.143. The number of nitrogens with one attached hydrogen (secondary N) is 2. The summed E-state index contributed by atoms with van der Waals surface area (Å²) in [5.41, 5.74) is -0.704. The molecular formula is C14H13FN2O4. The normalized spacial score (nSPS) is 11.7. The largest absolute Gasteiger partial charge is 0.478 e. The fourth-order valence-electron chi connectivity index (χ4n) is 1.81. The number of urea groups is 1. The van der Waals surface area contributed by atoms with Gasteiger partial charge in [-0.2, -0.15) is 0 Å². The Morgan fingerprint density at radius 1 is 1.29 bits per heavy atom. The Labute approximate surface area is 119 Å². The lowest BCUT2D eigenvalue weighted by atomic mass is 10.1. The molecule has 0 aliphatic rings. The third-order valence-corrected chi connectivity index (χ3v) is 2.79. The van der Waals surface area contributed by atoms with E-state index in [0.717, 1.165) is 6.07 Å². The first kappa shape index (κ1) is 14.6. The topological polar surface area (TPSA) is 91.6 Å². The van der Waals surface area contributed by atoms with Crippen LogP contribution in [0.3, 0.4) is 0 Å². The predicted molar refractivity (Wildman–Crippen MR) is 72.6 cm³/mol. The Morgan fingerprint density at radius 2 is 2.05 bits per heavy atom. The van der Waals surface area contributed by atoms with E-state index in [1.54, 1.807) is 19.1 Å². The predicted octanol–water partition coefficient (Wildman–Crippen LogP) is 3.00. The van der Waals surface area contributed by atoms with Gasteiger partial charge in [-0.3, -0.25) is 0 Å². The minimum absolute atomic E-state index is 0.119. The van der Waals surface area contributed by atoms with Gasteiger partial charge in [0.25, 0.3) is 0 Å². The summed E-state index contributed by atoms with van der Waals surface area (Å²) in [6.07, 6.45) is 1.47. The number of furan rings is 1.